The molecule has 7 nitrogen and oxygen atoms in total. The molecular formula is C13H19N5O2. The van der Waals surface area contributed by atoms with Gasteiger partial charge in [0.2, 0.25) is 11.6 Å². The Kier molecular flexibility index (Phi) is 4.49. The molecule has 1 saturated heterocycles. The lowest BCUT2D eigenvalue weighted by Gasteiger charge is -2.31. The van der Waals surface area contributed by atoms with E-state index in [-0.39, 0.29) is 11.5 Å². The maximum absolute atomic E-state index is 11.4. The van der Waals surface area contributed by atoms with Crippen molar-refractivity contribution in [2.45, 2.75) is 19.8 Å². The van der Waals surface area contributed by atoms with Crippen molar-refractivity contribution in [3.05, 3.63) is 29.1 Å². The zero-order valence-corrected chi connectivity index (χ0v) is 11.6. The lowest BCUT2D eigenvalue weighted by molar-refractivity contribution is -0.383. The molecule has 0 saturated carbocycles. The number of hydrogen-bond acceptors (Lipinski definition) is 6. The highest BCUT2D eigenvalue weighted by Crippen LogP contribution is 2.33. The Morgan fingerprint density at radius 2 is 2.45 bits per heavy atom. The summed E-state index contributed by atoms with van der Waals surface area (Å²) in [5.41, 5.74) is -0.0524. The van der Waals surface area contributed by atoms with Gasteiger partial charge in [-0.05, 0) is 18.8 Å². The Morgan fingerprint density at radius 1 is 1.65 bits per heavy atom. The van der Waals surface area contributed by atoms with Gasteiger partial charge in [0.25, 0.3) is 0 Å². The predicted molar refractivity (Wildman–Crippen MR) is 78.0 cm³/mol. The zero-order valence-electron chi connectivity index (χ0n) is 11.6. The summed E-state index contributed by atoms with van der Waals surface area (Å²) in [6, 6.07) is 0. The average molecular weight is 277 g/mol. The summed E-state index contributed by atoms with van der Waals surface area (Å²) in [4.78, 5) is 21.0. The molecular weight excluding hydrogens is 258 g/mol. The molecule has 1 unspecified atom stereocenters. The fraction of sp³-hybridized carbons (Fsp3) is 0.538. The largest absolute Gasteiger partial charge is 0.361 e. The minimum absolute atomic E-state index is 0.0524. The van der Waals surface area contributed by atoms with E-state index in [1.54, 1.807) is 6.08 Å². The van der Waals surface area contributed by atoms with E-state index in [0.717, 1.165) is 25.9 Å². The molecule has 1 aliphatic rings. The van der Waals surface area contributed by atoms with Crippen LogP contribution in [0.4, 0.5) is 17.3 Å². The number of nitrogens with zero attached hydrogens (tertiary/aromatic N) is 4. The average Bonchev–Trinajstić information content (AvgIpc) is 2.44. The van der Waals surface area contributed by atoms with Gasteiger partial charge in [0.1, 0.15) is 6.33 Å². The number of piperidine rings is 1. The summed E-state index contributed by atoms with van der Waals surface area (Å²) in [6.07, 6.45) is 5.18. The van der Waals surface area contributed by atoms with Gasteiger partial charge in [-0.2, -0.15) is 0 Å². The Morgan fingerprint density at radius 3 is 3.10 bits per heavy atom. The van der Waals surface area contributed by atoms with E-state index in [4.69, 9.17) is 0 Å². The number of rotatable bonds is 5. The second-order valence-electron chi connectivity index (χ2n) is 5.01. The quantitative estimate of drug-likeness (QED) is 0.504. The van der Waals surface area contributed by atoms with Gasteiger partial charge in [0, 0.05) is 19.6 Å². The Balaban J connectivity index is 2.35. The fourth-order valence-corrected chi connectivity index (χ4v) is 2.45. The minimum atomic E-state index is -0.417. The first-order valence-corrected chi connectivity index (χ1v) is 6.72. The molecule has 1 aliphatic heterocycles. The Hall–Kier alpha value is -2.18. The van der Waals surface area contributed by atoms with E-state index in [1.165, 1.54) is 6.33 Å². The van der Waals surface area contributed by atoms with E-state index >= 15 is 0 Å². The predicted octanol–water partition coefficient (Wildman–Crippen LogP) is 2.22. The topological polar surface area (TPSA) is 84.2 Å². The second kappa shape index (κ2) is 6.31. The molecule has 2 rings (SSSR count). The second-order valence-corrected chi connectivity index (χ2v) is 5.01. The van der Waals surface area contributed by atoms with Crippen molar-refractivity contribution < 1.29 is 4.92 Å². The molecule has 2 heterocycles. The van der Waals surface area contributed by atoms with Gasteiger partial charge < -0.3 is 10.2 Å². The van der Waals surface area contributed by atoms with Crippen molar-refractivity contribution in [3.8, 4) is 0 Å². The van der Waals surface area contributed by atoms with Crippen LogP contribution in [-0.2, 0) is 0 Å². The van der Waals surface area contributed by atoms with Crippen LogP contribution in [0.5, 0.6) is 0 Å². The number of hydrogen-bond donors (Lipinski definition) is 1. The molecule has 0 amide bonds. The van der Waals surface area contributed by atoms with E-state index in [0.29, 0.717) is 18.3 Å². The number of anilines is 2. The third kappa shape index (κ3) is 3.04. The molecule has 7 heteroatoms. The van der Waals surface area contributed by atoms with E-state index < -0.39 is 4.92 Å². The zero-order chi connectivity index (χ0) is 14.5. The maximum Gasteiger partial charge on any atom is 0.353 e. The molecule has 0 aliphatic carbocycles. The normalized spacial score (nSPS) is 18.6. The highest BCUT2D eigenvalue weighted by Gasteiger charge is 2.28. The molecule has 0 spiro atoms. The van der Waals surface area contributed by atoms with Crippen LogP contribution in [0.25, 0.3) is 0 Å². The molecule has 1 fully saturated rings. The molecule has 1 aromatic rings. The highest BCUT2D eigenvalue weighted by atomic mass is 16.6. The SMILES string of the molecule is C=CCNc1ncnc(N2CCCC(C)C2)c1[N+](=O)[O-]. The molecule has 1 N–H and O–H groups in total. The summed E-state index contributed by atoms with van der Waals surface area (Å²) in [7, 11) is 0. The number of nitro groups is 1. The van der Waals surface area contributed by atoms with Crippen LogP contribution in [0.15, 0.2) is 19.0 Å². The lowest BCUT2D eigenvalue weighted by atomic mass is 10.0. The van der Waals surface area contributed by atoms with Crippen LogP contribution in [0, 0.1) is 16.0 Å². The lowest BCUT2D eigenvalue weighted by Crippen LogP contribution is -2.35. The van der Waals surface area contributed by atoms with Gasteiger partial charge in [-0.15, -0.1) is 6.58 Å². The standard InChI is InChI=1S/C13H19N5O2/c1-3-6-14-12-11(18(19)20)13(16-9-15-12)17-7-4-5-10(2)8-17/h3,9-10H,1,4-8H2,2H3,(H,14,15,16). The summed E-state index contributed by atoms with van der Waals surface area (Å²) in [6.45, 7) is 7.74. The molecule has 1 atom stereocenters. The van der Waals surface area contributed by atoms with Crippen LogP contribution >= 0.6 is 0 Å². The van der Waals surface area contributed by atoms with Crippen molar-refractivity contribution in [1.82, 2.24) is 9.97 Å². The van der Waals surface area contributed by atoms with Crippen molar-refractivity contribution in [2.75, 3.05) is 29.9 Å². The molecule has 0 bridgehead atoms. The van der Waals surface area contributed by atoms with E-state index in [9.17, 15) is 10.1 Å². The van der Waals surface area contributed by atoms with Crippen LogP contribution in [-0.4, -0.2) is 34.5 Å². The monoisotopic (exact) mass is 277 g/mol. The first-order valence-electron chi connectivity index (χ1n) is 6.72. The van der Waals surface area contributed by atoms with Gasteiger partial charge in [0.15, 0.2) is 0 Å². The van der Waals surface area contributed by atoms with Crippen LogP contribution in [0.1, 0.15) is 19.8 Å². The third-order valence-electron chi connectivity index (χ3n) is 3.36. The Labute approximate surface area is 117 Å². The van der Waals surface area contributed by atoms with Crippen LogP contribution in [0.3, 0.4) is 0 Å². The molecule has 108 valence electrons. The highest BCUT2D eigenvalue weighted by molar-refractivity contribution is 5.70. The summed E-state index contributed by atoms with van der Waals surface area (Å²) >= 11 is 0. The summed E-state index contributed by atoms with van der Waals surface area (Å²) in [5.74, 6) is 1.17. The first-order chi connectivity index (χ1) is 9.63. The summed E-state index contributed by atoms with van der Waals surface area (Å²) < 4.78 is 0. The van der Waals surface area contributed by atoms with Gasteiger partial charge in [-0.3, -0.25) is 10.1 Å². The maximum atomic E-state index is 11.4. The van der Waals surface area contributed by atoms with Crippen LogP contribution in [0.2, 0.25) is 0 Å². The molecule has 0 aromatic carbocycles. The van der Waals surface area contributed by atoms with E-state index in [1.807, 2.05) is 4.90 Å². The van der Waals surface area contributed by atoms with E-state index in [2.05, 4.69) is 28.8 Å². The fourth-order valence-electron chi connectivity index (χ4n) is 2.45. The van der Waals surface area contributed by atoms with Crippen molar-refractivity contribution >= 4 is 17.3 Å². The van der Waals surface area contributed by atoms with Crippen LogP contribution < -0.4 is 10.2 Å². The number of aromatic nitrogens is 2. The molecule has 1 aromatic heterocycles. The van der Waals surface area contributed by atoms with Gasteiger partial charge in [-0.25, -0.2) is 9.97 Å². The molecule has 0 radical (unpaired) electrons. The minimum Gasteiger partial charge on any atom is -0.361 e. The number of nitrogens with one attached hydrogen (secondary N) is 1. The van der Waals surface area contributed by atoms with Crippen molar-refractivity contribution in [1.29, 1.82) is 0 Å². The van der Waals surface area contributed by atoms with Crippen molar-refractivity contribution in [2.24, 2.45) is 5.92 Å². The Bertz CT molecular complexity index is 506. The first kappa shape index (κ1) is 14.2. The van der Waals surface area contributed by atoms with Gasteiger partial charge in [0.05, 0.1) is 4.92 Å². The van der Waals surface area contributed by atoms with Gasteiger partial charge in [-0.1, -0.05) is 13.0 Å². The van der Waals surface area contributed by atoms with Gasteiger partial charge >= 0.3 is 5.69 Å². The smallest absolute Gasteiger partial charge is 0.353 e. The van der Waals surface area contributed by atoms with Crippen molar-refractivity contribution in [3.63, 3.8) is 0 Å². The molecule has 20 heavy (non-hydrogen) atoms. The third-order valence-corrected chi connectivity index (χ3v) is 3.36. The summed E-state index contributed by atoms with van der Waals surface area (Å²) in [5, 5.41) is 14.3.